The molecule has 1 aromatic carbocycles. The zero-order chi connectivity index (χ0) is 14.2. The molecule has 1 aromatic heterocycles. The molecule has 0 atom stereocenters. The first-order valence-electron chi connectivity index (χ1n) is 6.79. The first-order valence-corrected chi connectivity index (χ1v) is 7.58. The molecule has 0 radical (unpaired) electrons. The summed E-state index contributed by atoms with van der Waals surface area (Å²) in [6.07, 6.45) is 5.65. The average Bonchev–Trinajstić information content (AvgIpc) is 2.89. The molecule has 106 valence electrons. The van der Waals surface area contributed by atoms with Crippen molar-refractivity contribution in [2.75, 3.05) is 13.1 Å². The van der Waals surface area contributed by atoms with Gasteiger partial charge in [0.05, 0.1) is 12.0 Å². The molecule has 1 fully saturated rings. The van der Waals surface area contributed by atoms with Crippen molar-refractivity contribution in [2.24, 2.45) is 0 Å². The molecule has 1 aliphatic rings. The van der Waals surface area contributed by atoms with Gasteiger partial charge < -0.3 is 5.32 Å². The van der Waals surface area contributed by atoms with E-state index in [0.29, 0.717) is 5.69 Å². The molecule has 2 aromatic rings. The van der Waals surface area contributed by atoms with E-state index in [1.807, 2.05) is 16.8 Å². The van der Waals surface area contributed by atoms with Gasteiger partial charge in [0.15, 0.2) is 0 Å². The molecule has 0 amide bonds. The fraction of sp³-hybridized carbons (Fsp3) is 0.400. The largest absolute Gasteiger partial charge is 0.317 e. The van der Waals surface area contributed by atoms with Gasteiger partial charge in [0, 0.05) is 21.8 Å². The molecule has 1 saturated heterocycles. The van der Waals surface area contributed by atoms with E-state index in [2.05, 4.69) is 33.2 Å². The highest BCUT2D eigenvalue weighted by Crippen LogP contribution is 2.34. The quantitative estimate of drug-likeness (QED) is 0.909. The van der Waals surface area contributed by atoms with Crippen LogP contribution in [0.4, 0.5) is 4.39 Å². The van der Waals surface area contributed by atoms with Crippen LogP contribution < -0.4 is 5.32 Å². The van der Waals surface area contributed by atoms with Crippen LogP contribution in [0, 0.1) is 5.82 Å². The van der Waals surface area contributed by atoms with Crippen molar-refractivity contribution in [3.05, 3.63) is 46.7 Å². The minimum atomic E-state index is -0.240. The number of hydrogen-bond acceptors (Lipinski definition) is 2. The van der Waals surface area contributed by atoms with Gasteiger partial charge in [-0.1, -0.05) is 22.9 Å². The summed E-state index contributed by atoms with van der Waals surface area (Å²) in [6.45, 7) is 4.22. The van der Waals surface area contributed by atoms with Crippen LogP contribution in [-0.4, -0.2) is 22.6 Å². The summed E-state index contributed by atoms with van der Waals surface area (Å²) in [5, 5.41) is 3.37. The minimum Gasteiger partial charge on any atom is -0.317 e. The fourth-order valence-corrected chi connectivity index (χ4v) is 3.18. The van der Waals surface area contributed by atoms with Crippen molar-refractivity contribution < 1.29 is 4.39 Å². The predicted octanol–water partition coefficient (Wildman–Crippen LogP) is 3.42. The number of nitrogens with one attached hydrogen (secondary N) is 1. The lowest BCUT2D eigenvalue weighted by atomic mass is 9.78. The average molecular weight is 338 g/mol. The Balaban J connectivity index is 2.05. The van der Waals surface area contributed by atoms with Crippen LogP contribution in [0.1, 0.15) is 25.5 Å². The normalized spacial score (nSPS) is 18.1. The van der Waals surface area contributed by atoms with Crippen LogP contribution in [0.15, 0.2) is 35.2 Å². The standard InChI is InChI=1S/C15H17BrFN3/c1-15(4-6-18-7-5-15)14-9-19-10-20(14)13-3-2-11(16)8-12(13)17/h2-3,8-10,18H,4-7H2,1H3. The van der Waals surface area contributed by atoms with Gasteiger partial charge in [0.1, 0.15) is 5.82 Å². The van der Waals surface area contributed by atoms with Gasteiger partial charge in [-0.15, -0.1) is 0 Å². The highest BCUT2D eigenvalue weighted by Gasteiger charge is 2.32. The number of hydrogen-bond donors (Lipinski definition) is 1. The summed E-state index contributed by atoms with van der Waals surface area (Å²) in [7, 11) is 0. The zero-order valence-corrected chi connectivity index (χ0v) is 13.0. The number of rotatable bonds is 2. The van der Waals surface area contributed by atoms with E-state index in [1.54, 1.807) is 12.4 Å². The van der Waals surface area contributed by atoms with Crippen molar-refractivity contribution in [1.29, 1.82) is 0 Å². The molecule has 3 rings (SSSR count). The SMILES string of the molecule is CC1(c2cncn2-c2ccc(Br)cc2F)CCNCC1. The Morgan fingerprint density at radius 3 is 2.80 bits per heavy atom. The van der Waals surface area contributed by atoms with Gasteiger partial charge in [-0.2, -0.15) is 0 Å². The maximum absolute atomic E-state index is 14.2. The number of piperidine rings is 1. The van der Waals surface area contributed by atoms with Crippen molar-refractivity contribution in [3.8, 4) is 5.69 Å². The lowest BCUT2D eigenvalue weighted by Gasteiger charge is -2.34. The number of benzene rings is 1. The Morgan fingerprint density at radius 2 is 2.10 bits per heavy atom. The van der Waals surface area contributed by atoms with Gasteiger partial charge in [-0.05, 0) is 44.1 Å². The second-order valence-corrected chi connectivity index (χ2v) is 6.47. The van der Waals surface area contributed by atoms with Gasteiger partial charge in [-0.25, -0.2) is 9.37 Å². The molecule has 1 N–H and O–H groups in total. The number of nitrogens with zero attached hydrogens (tertiary/aromatic N) is 2. The molecule has 5 heteroatoms. The maximum atomic E-state index is 14.2. The molecule has 2 heterocycles. The Kier molecular flexibility index (Phi) is 3.65. The smallest absolute Gasteiger partial charge is 0.148 e. The van der Waals surface area contributed by atoms with Crippen LogP contribution in [0.25, 0.3) is 5.69 Å². The molecule has 0 saturated carbocycles. The third-order valence-corrected chi connectivity index (χ3v) is 4.63. The van der Waals surface area contributed by atoms with Crippen LogP contribution in [-0.2, 0) is 5.41 Å². The van der Waals surface area contributed by atoms with Crippen LogP contribution in [0.5, 0.6) is 0 Å². The molecule has 0 bridgehead atoms. The third kappa shape index (κ3) is 2.40. The van der Waals surface area contributed by atoms with E-state index in [-0.39, 0.29) is 11.2 Å². The minimum absolute atomic E-state index is 0.0429. The predicted molar refractivity (Wildman–Crippen MR) is 80.7 cm³/mol. The maximum Gasteiger partial charge on any atom is 0.148 e. The molecule has 3 nitrogen and oxygen atoms in total. The Hall–Kier alpha value is -1.20. The lowest BCUT2D eigenvalue weighted by molar-refractivity contribution is 0.323. The summed E-state index contributed by atoms with van der Waals surface area (Å²) >= 11 is 3.29. The van der Waals surface area contributed by atoms with Gasteiger partial charge in [0.2, 0.25) is 0 Å². The molecule has 0 aliphatic carbocycles. The van der Waals surface area contributed by atoms with E-state index in [4.69, 9.17) is 0 Å². The molecule has 0 spiro atoms. The summed E-state index contributed by atoms with van der Waals surface area (Å²) in [4.78, 5) is 4.25. The van der Waals surface area contributed by atoms with Gasteiger partial charge in [-0.3, -0.25) is 4.57 Å². The van der Waals surface area contributed by atoms with E-state index < -0.39 is 0 Å². The molecule has 20 heavy (non-hydrogen) atoms. The highest BCUT2D eigenvalue weighted by molar-refractivity contribution is 9.10. The Labute approximate surface area is 126 Å². The Bertz CT molecular complexity index is 617. The summed E-state index contributed by atoms with van der Waals surface area (Å²) in [5.41, 5.74) is 1.68. The van der Waals surface area contributed by atoms with Crippen molar-refractivity contribution in [3.63, 3.8) is 0 Å². The van der Waals surface area contributed by atoms with Crippen LogP contribution >= 0.6 is 15.9 Å². The van der Waals surface area contributed by atoms with Gasteiger partial charge in [0.25, 0.3) is 0 Å². The first kappa shape index (κ1) is 13.8. The van der Waals surface area contributed by atoms with E-state index in [0.717, 1.165) is 36.1 Å². The highest BCUT2D eigenvalue weighted by atomic mass is 79.9. The number of imidazole rings is 1. The second-order valence-electron chi connectivity index (χ2n) is 5.56. The summed E-state index contributed by atoms with van der Waals surface area (Å²) in [6, 6.07) is 5.13. The van der Waals surface area contributed by atoms with E-state index in [1.165, 1.54) is 6.07 Å². The first-order chi connectivity index (χ1) is 9.60. The van der Waals surface area contributed by atoms with Gasteiger partial charge >= 0.3 is 0 Å². The van der Waals surface area contributed by atoms with Crippen molar-refractivity contribution in [2.45, 2.75) is 25.2 Å². The third-order valence-electron chi connectivity index (χ3n) is 4.13. The lowest BCUT2D eigenvalue weighted by Crippen LogP contribution is -2.38. The fourth-order valence-electron chi connectivity index (χ4n) is 2.84. The molecule has 1 aliphatic heterocycles. The zero-order valence-electron chi connectivity index (χ0n) is 11.4. The van der Waals surface area contributed by atoms with E-state index >= 15 is 0 Å². The van der Waals surface area contributed by atoms with Crippen LogP contribution in [0.2, 0.25) is 0 Å². The Morgan fingerprint density at radius 1 is 1.35 bits per heavy atom. The summed E-state index contributed by atoms with van der Waals surface area (Å²) < 4.78 is 16.8. The second kappa shape index (κ2) is 5.30. The number of halogens is 2. The monoisotopic (exact) mass is 337 g/mol. The van der Waals surface area contributed by atoms with Crippen LogP contribution in [0.3, 0.4) is 0 Å². The summed E-state index contributed by atoms with van der Waals surface area (Å²) in [5.74, 6) is -0.240. The topological polar surface area (TPSA) is 29.9 Å². The molecular weight excluding hydrogens is 321 g/mol. The van der Waals surface area contributed by atoms with Crippen molar-refractivity contribution in [1.82, 2.24) is 14.9 Å². The molecule has 0 unspecified atom stereocenters. The van der Waals surface area contributed by atoms with E-state index in [9.17, 15) is 4.39 Å². The molecular formula is C15H17BrFN3. The number of aromatic nitrogens is 2. The van der Waals surface area contributed by atoms with Crippen molar-refractivity contribution >= 4 is 15.9 Å².